The minimum atomic E-state index is -0.625. The molecule has 3 rings (SSSR count). The van der Waals surface area contributed by atoms with Crippen LogP contribution in [0.25, 0.3) is 0 Å². The summed E-state index contributed by atoms with van der Waals surface area (Å²) < 4.78 is 5.02. The highest BCUT2D eigenvalue weighted by Crippen LogP contribution is 2.21. The second-order valence-corrected chi connectivity index (χ2v) is 6.69. The zero-order valence-corrected chi connectivity index (χ0v) is 15.3. The van der Waals surface area contributed by atoms with Crippen LogP contribution in [0.5, 0.6) is 0 Å². The summed E-state index contributed by atoms with van der Waals surface area (Å²) in [6.07, 6.45) is 8.01. The van der Waals surface area contributed by atoms with Crippen molar-refractivity contribution in [1.29, 1.82) is 0 Å². The van der Waals surface area contributed by atoms with Crippen molar-refractivity contribution in [1.82, 2.24) is 9.80 Å². The summed E-state index contributed by atoms with van der Waals surface area (Å²) in [5, 5.41) is 0. The maximum atomic E-state index is 12.5. The highest BCUT2D eigenvalue weighted by Gasteiger charge is 2.36. The van der Waals surface area contributed by atoms with E-state index < -0.39 is 11.9 Å². The Hall–Kier alpha value is -2.77. The molecule has 1 aliphatic carbocycles. The lowest BCUT2D eigenvalue weighted by Gasteiger charge is -2.32. The van der Waals surface area contributed by atoms with Crippen molar-refractivity contribution in [3.05, 3.63) is 24.3 Å². The van der Waals surface area contributed by atoms with Gasteiger partial charge in [-0.1, -0.05) is 18.2 Å². The number of imide groups is 1. The molecule has 1 unspecified atom stereocenters. The summed E-state index contributed by atoms with van der Waals surface area (Å²) >= 11 is 0. The van der Waals surface area contributed by atoms with Crippen molar-refractivity contribution in [2.45, 2.75) is 26.2 Å². The normalized spacial score (nSPS) is 22.6. The van der Waals surface area contributed by atoms with Gasteiger partial charge in [0, 0.05) is 26.1 Å². The molecule has 3 aliphatic rings. The predicted molar refractivity (Wildman–Crippen MR) is 96.9 cm³/mol. The second kappa shape index (κ2) is 8.28. The Kier molecular flexibility index (Phi) is 5.83. The third-order valence-corrected chi connectivity index (χ3v) is 5.00. The summed E-state index contributed by atoms with van der Waals surface area (Å²) in [6, 6.07) is -0.625. The second-order valence-electron chi connectivity index (χ2n) is 6.69. The number of nitrogens with zero attached hydrogens (tertiary/aromatic N) is 3. The van der Waals surface area contributed by atoms with Crippen LogP contribution < -0.4 is 0 Å². The Balaban J connectivity index is 1.51. The molecule has 8 nitrogen and oxygen atoms in total. The molecule has 2 aliphatic heterocycles. The van der Waals surface area contributed by atoms with Crippen molar-refractivity contribution in [2.24, 2.45) is 16.8 Å². The van der Waals surface area contributed by atoms with Gasteiger partial charge in [0.2, 0.25) is 11.8 Å². The number of urea groups is 1. The molecule has 0 saturated carbocycles. The summed E-state index contributed by atoms with van der Waals surface area (Å²) in [5.74, 6) is -1.41. The van der Waals surface area contributed by atoms with E-state index in [0.717, 1.165) is 4.90 Å². The molecule has 144 valence electrons. The monoisotopic (exact) mass is 373 g/mol. The van der Waals surface area contributed by atoms with Gasteiger partial charge < -0.3 is 9.64 Å². The fraction of sp³-hybridized carbons (Fsp3) is 0.526. The number of carbonyl (C=O) groups is 4. The van der Waals surface area contributed by atoms with Crippen molar-refractivity contribution >= 4 is 29.5 Å². The van der Waals surface area contributed by atoms with E-state index in [0.29, 0.717) is 38.2 Å². The van der Waals surface area contributed by atoms with Crippen molar-refractivity contribution in [3.63, 3.8) is 0 Å². The lowest BCUT2D eigenvalue weighted by Crippen LogP contribution is -2.48. The predicted octanol–water partition coefficient (Wildman–Crippen LogP) is 1.32. The average molecular weight is 373 g/mol. The summed E-state index contributed by atoms with van der Waals surface area (Å²) in [5.41, 5.74) is 0.441. The van der Waals surface area contributed by atoms with Crippen LogP contribution in [-0.2, 0) is 19.1 Å². The zero-order valence-electron chi connectivity index (χ0n) is 15.3. The average Bonchev–Trinajstić information content (AvgIpc) is 2.68. The van der Waals surface area contributed by atoms with Crippen LogP contribution in [0.1, 0.15) is 26.2 Å². The first-order chi connectivity index (χ1) is 13.0. The van der Waals surface area contributed by atoms with Crippen LogP contribution in [-0.4, -0.2) is 65.6 Å². The standard InChI is InChI=1S/C19H23N3O5/c1-2-27-18(25)13-7-10-21(11-8-13)16(23)9-12-22-17(24)14-5-3-4-6-15(14)20-19(22)26/h3-6,13-14H,2,7-12H2,1H3. The molecule has 1 atom stereocenters. The lowest BCUT2D eigenvalue weighted by molar-refractivity contribution is -0.151. The van der Waals surface area contributed by atoms with E-state index in [4.69, 9.17) is 4.74 Å². The van der Waals surface area contributed by atoms with Gasteiger partial charge in [0.05, 0.1) is 24.2 Å². The van der Waals surface area contributed by atoms with Gasteiger partial charge in [0.25, 0.3) is 0 Å². The number of carbonyl (C=O) groups excluding carboxylic acids is 4. The number of rotatable bonds is 5. The van der Waals surface area contributed by atoms with Gasteiger partial charge in [-0.25, -0.2) is 4.79 Å². The number of piperidine rings is 1. The van der Waals surface area contributed by atoms with Gasteiger partial charge in [-0.2, -0.15) is 4.99 Å². The van der Waals surface area contributed by atoms with Gasteiger partial charge >= 0.3 is 12.0 Å². The van der Waals surface area contributed by atoms with Gasteiger partial charge in [0.1, 0.15) is 0 Å². The van der Waals surface area contributed by atoms with E-state index in [1.165, 1.54) is 0 Å². The van der Waals surface area contributed by atoms with Crippen LogP contribution in [0.4, 0.5) is 4.79 Å². The van der Waals surface area contributed by atoms with E-state index >= 15 is 0 Å². The molecule has 0 spiro atoms. The quantitative estimate of drug-likeness (QED) is 0.677. The van der Waals surface area contributed by atoms with Gasteiger partial charge in [-0.15, -0.1) is 0 Å². The van der Waals surface area contributed by atoms with Gasteiger partial charge in [-0.05, 0) is 25.8 Å². The van der Waals surface area contributed by atoms with E-state index in [2.05, 4.69) is 4.99 Å². The molecular formula is C19H23N3O5. The van der Waals surface area contributed by atoms with E-state index in [1.807, 2.05) is 0 Å². The summed E-state index contributed by atoms with van der Waals surface area (Å²) in [7, 11) is 0. The molecule has 0 radical (unpaired) electrons. The van der Waals surface area contributed by atoms with Crippen LogP contribution >= 0.6 is 0 Å². The molecule has 0 aromatic heterocycles. The molecule has 2 heterocycles. The minimum Gasteiger partial charge on any atom is -0.466 e. The lowest BCUT2D eigenvalue weighted by atomic mass is 9.95. The van der Waals surface area contributed by atoms with Crippen LogP contribution in [0.3, 0.4) is 0 Å². The maximum absolute atomic E-state index is 12.5. The largest absolute Gasteiger partial charge is 0.466 e. The number of hydrogen-bond donors (Lipinski definition) is 0. The fourth-order valence-corrected chi connectivity index (χ4v) is 3.48. The fourth-order valence-electron chi connectivity index (χ4n) is 3.48. The topological polar surface area (TPSA) is 96.3 Å². The first-order valence-electron chi connectivity index (χ1n) is 9.24. The number of fused-ring (bicyclic) bond motifs is 1. The van der Waals surface area contributed by atoms with Crippen LogP contribution in [0, 0.1) is 11.8 Å². The Bertz CT molecular complexity index is 732. The molecule has 27 heavy (non-hydrogen) atoms. The molecular weight excluding hydrogens is 350 g/mol. The maximum Gasteiger partial charge on any atom is 0.350 e. The molecule has 8 heteroatoms. The van der Waals surface area contributed by atoms with E-state index in [-0.39, 0.29) is 36.7 Å². The van der Waals surface area contributed by atoms with Crippen molar-refractivity contribution in [3.8, 4) is 0 Å². The minimum absolute atomic E-state index is 0.0130. The Labute approximate surface area is 157 Å². The van der Waals surface area contributed by atoms with E-state index in [1.54, 1.807) is 36.1 Å². The highest BCUT2D eigenvalue weighted by molar-refractivity contribution is 6.21. The third-order valence-electron chi connectivity index (χ3n) is 5.00. The van der Waals surface area contributed by atoms with Gasteiger partial charge in [0.15, 0.2) is 0 Å². The Morgan fingerprint density at radius 3 is 2.67 bits per heavy atom. The number of hydrogen-bond acceptors (Lipinski definition) is 5. The first kappa shape index (κ1) is 19.0. The third kappa shape index (κ3) is 4.15. The number of amides is 4. The Morgan fingerprint density at radius 2 is 1.96 bits per heavy atom. The van der Waals surface area contributed by atoms with E-state index in [9.17, 15) is 19.2 Å². The summed E-state index contributed by atoms with van der Waals surface area (Å²) in [4.78, 5) is 55.5. The molecule has 0 aromatic rings. The molecule has 0 N–H and O–H groups in total. The molecule has 1 saturated heterocycles. The number of likely N-dealkylation sites (tertiary alicyclic amines) is 1. The Morgan fingerprint density at radius 1 is 1.22 bits per heavy atom. The molecule has 4 amide bonds. The number of allylic oxidation sites excluding steroid dienone is 3. The van der Waals surface area contributed by atoms with Crippen LogP contribution in [0.2, 0.25) is 0 Å². The highest BCUT2D eigenvalue weighted by atomic mass is 16.5. The molecule has 1 fully saturated rings. The zero-order chi connectivity index (χ0) is 19.4. The molecule has 0 aromatic carbocycles. The number of ether oxygens (including phenoxy) is 1. The van der Waals surface area contributed by atoms with Crippen molar-refractivity contribution < 1.29 is 23.9 Å². The smallest absolute Gasteiger partial charge is 0.350 e. The SMILES string of the molecule is CCOC(=O)C1CCN(C(=O)CCN2C(=O)N=C3C=CC=CC3C2=O)CC1. The first-order valence-corrected chi connectivity index (χ1v) is 9.24. The van der Waals surface area contributed by atoms with Gasteiger partial charge in [-0.3, -0.25) is 19.3 Å². The number of esters is 1. The molecule has 0 bridgehead atoms. The number of aliphatic imine (C=N–C) groups is 1. The van der Waals surface area contributed by atoms with Crippen molar-refractivity contribution in [2.75, 3.05) is 26.2 Å². The van der Waals surface area contributed by atoms with Crippen LogP contribution in [0.15, 0.2) is 29.3 Å². The summed E-state index contributed by atoms with van der Waals surface area (Å²) in [6.45, 7) is 3.09.